The van der Waals surface area contributed by atoms with Gasteiger partial charge in [0, 0.05) is 25.5 Å². The van der Waals surface area contributed by atoms with E-state index in [-0.39, 0.29) is 12.0 Å². The zero-order valence-corrected chi connectivity index (χ0v) is 14.6. The zero-order valence-electron chi connectivity index (χ0n) is 14.6. The Hall–Kier alpha value is -2.01. The zero-order chi connectivity index (χ0) is 17.1. The molecule has 1 saturated heterocycles. The molecule has 5 nitrogen and oxygen atoms in total. The summed E-state index contributed by atoms with van der Waals surface area (Å²) >= 11 is 0. The van der Waals surface area contributed by atoms with E-state index in [0.717, 1.165) is 17.9 Å². The first-order valence-electron chi connectivity index (χ1n) is 9.42. The molecule has 0 N–H and O–H groups in total. The molecule has 1 aromatic carbocycles. The Labute approximate surface area is 148 Å². The Balaban J connectivity index is 1.47. The number of hydrogen-bond acceptors (Lipinski definition) is 4. The summed E-state index contributed by atoms with van der Waals surface area (Å²) in [5, 5.41) is 0. The van der Waals surface area contributed by atoms with Crippen LogP contribution in [0.15, 0.2) is 30.6 Å². The Kier molecular flexibility index (Phi) is 4.92. The first kappa shape index (κ1) is 16.5. The molecular weight excluding hydrogens is 314 g/mol. The molecule has 1 aliphatic heterocycles. The van der Waals surface area contributed by atoms with Crippen LogP contribution in [0.1, 0.15) is 48.9 Å². The molecule has 2 heterocycles. The van der Waals surface area contributed by atoms with Crippen LogP contribution in [0, 0.1) is 5.92 Å². The van der Waals surface area contributed by atoms with E-state index in [9.17, 15) is 4.79 Å². The van der Waals surface area contributed by atoms with Crippen LogP contribution in [0.5, 0.6) is 0 Å². The van der Waals surface area contributed by atoms with Crippen LogP contribution < -0.4 is 0 Å². The van der Waals surface area contributed by atoms with Gasteiger partial charge in [0.15, 0.2) is 0 Å². The lowest BCUT2D eigenvalue weighted by atomic mass is 9.85. The minimum atomic E-state index is 0.0445. The van der Waals surface area contributed by atoms with Crippen molar-refractivity contribution in [1.29, 1.82) is 0 Å². The maximum Gasteiger partial charge on any atom is 0.256 e. The fraction of sp³-hybridized carbons (Fsp3) is 0.550. The first-order valence-corrected chi connectivity index (χ1v) is 9.42. The Morgan fingerprint density at radius 3 is 2.88 bits per heavy atom. The summed E-state index contributed by atoms with van der Waals surface area (Å²) in [5.41, 5.74) is 2.09. The third kappa shape index (κ3) is 3.66. The van der Waals surface area contributed by atoms with Gasteiger partial charge in [-0.05, 0) is 24.5 Å². The summed E-state index contributed by atoms with van der Waals surface area (Å²) in [4.78, 5) is 23.7. The molecule has 2 fully saturated rings. The van der Waals surface area contributed by atoms with Crippen molar-refractivity contribution in [2.45, 2.75) is 44.6 Å². The van der Waals surface area contributed by atoms with Crippen molar-refractivity contribution in [3.63, 3.8) is 0 Å². The number of carbonyl (C=O) groups is 1. The van der Waals surface area contributed by atoms with Crippen molar-refractivity contribution in [1.82, 2.24) is 14.9 Å². The smallest absolute Gasteiger partial charge is 0.256 e. The number of benzene rings is 1. The quantitative estimate of drug-likeness (QED) is 0.859. The van der Waals surface area contributed by atoms with E-state index in [1.807, 2.05) is 23.1 Å². The van der Waals surface area contributed by atoms with Crippen LogP contribution in [-0.2, 0) is 4.74 Å². The third-order valence-corrected chi connectivity index (χ3v) is 5.48. The Morgan fingerprint density at radius 2 is 2.00 bits per heavy atom. The van der Waals surface area contributed by atoms with Crippen molar-refractivity contribution in [2.24, 2.45) is 5.92 Å². The molecule has 1 aliphatic carbocycles. The highest BCUT2D eigenvalue weighted by Gasteiger charge is 2.28. The van der Waals surface area contributed by atoms with Gasteiger partial charge in [-0.25, -0.2) is 0 Å². The molecule has 2 aromatic rings. The van der Waals surface area contributed by atoms with Crippen LogP contribution >= 0.6 is 0 Å². The van der Waals surface area contributed by atoms with Gasteiger partial charge in [0.2, 0.25) is 0 Å². The second kappa shape index (κ2) is 7.48. The van der Waals surface area contributed by atoms with Crippen LogP contribution in [0.25, 0.3) is 11.0 Å². The van der Waals surface area contributed by atoms with E-state index in [0.29, 0.717) is 30.8 Å². The SMILES string of the molecule is O=C(c1cccc2nccnc12)N1CCOC(CC2CCCCC2)C1. The van der Waals surface area contributed by atoms with E-state index >= 15 is 0 Å². The lowest BCUT2D eigenvalue weighted by molar-refractivity contribution is -0.0336. The largest absolute Gasteiger partial charge is 0.375 e. The van der Waals surface area contributed by atoms with Gasteiger partial charge in [0.05, 0.1) is 23.8 Å². The normalized spacial score (nSPS) is 22.2. The van der Waals surface area contributed by atoms with Crippen LogP contribution in [0.3, 0.4) is 0 Å². The molecule has 25 heavy (non-hydrogen) atoms. The second-order valence-electron chi connectivity index (χ2n) is 7.21. The van der Waals surface area contributed by atoms with E-state index < -0.39 is 0 Å². The number of amides is 1. The highest BCUT2D eigenvalue weighted by molar-refractivity contribution is 6.04. The first-order chi connectivity index (χ1) is 12.3. The van der Waals surface area contributed by atoms with E-state index in [1.54, 1.807) is 12.4 Å². The molecule has 1 amide bonds. The summed E-state index contributed by atoms with van der Waals surface area (Å²) in [6.07, 6.45) is 11.2. The van der Waals surface area contributed by atoms with Crippen molar-refractivity contribution < 1.29 is 9.53 Å². The van der Waals surface area contributed by atoms with Gasteiger partial charge < -0.3 is 9.64 Å². The maximum absolute atomic E-state index is 13.1. The number of nitrogens with zero attached hydrogens (tertiary/aromatic N) is 3. The van der Waals surface area contributed by atoms with E-state index in [2.05, 4.69) is 9.97 Å². The molecular formula is C20H25N3O2. The van der Waals surface area contributed by atoms with Crippen molar-refractivity contribution in [3.05, 3.63) is 36.2 Å². The molecule has 132 valence electrons. The summed E-state index contributed by atoms with van der Waals surface area (Å²) in [6.45, 7) is 1.96. The standard InChI is InChI=1S/C20H25N3O2/c24-20(17-7-4-8-18-19(17)22-10-9-21-18)23-11-12-25-16(14-23)13-15-5-2-1-3-6-15/h4,7-10,15-16H,1-3,5-6,11-14H2. The summed E-state index contributed by atoms with van der Waals surface area (Å²) in [7, 11) is 0. The topological polar surface area (TPSA) is 55.3 Å². The number of rotatable bonds is 3. The van der Waals surface area contributed by atoms with Crippen molar-refractivity contribution >= 4 is 16.9 Å². The molecule has 1 atom stereocenters. The summed E-state index contributed by atoms with van der Waals surface area (Å²) < 4.78 is 5.96. The lowest BCUT2D eigenvalue weighted by Crippen LogP contribution is -2.46. The summed E-state index contributed by atoms with van der Waals surface area (Å²) in [6, 6.07) is 5.62. The molecule has 0 bridgehead atoms. The van der Waals surface area contributed by atoms with Gasteiger partial charge in [-0.2, -0.15) is 0 Å². The molecule has 1 aromatic heterocycles. The van der Waals surface area contributed by atoms with Crippen molar-refractivity contribution in [3.8, 4) is 0 Å². The van der Waals surface area contributed by atoms with Crippen LogP contribution in [-0.4, -0.2) is 46.6 Å². The number of aromatic nitrogens is 2. The van der Waals surface area contributed by atoms with Gasteiger partial charge in [-0.1, -0.05) is 38.2 Å². The lowest BCUT2D eigenvalue weighted by Gasteiger charge is -2.35. The average molecular weight is 339 g/mol. The van der Waals surface area contributed by atoms with Gasteiger partial charge in [-0.15, -0.1) is 0 Å². The highest BCUT2D eigenvalue weighted by atomic mass is 16.5. The fourth-order valence-electron chi connectivity index (χ4n) is 4.18. The number of fused-ring (bicyclic) bond motifs is 1. The number of carbonyl (C=O) groups excluding carboxylic acids is 1. The Morgan fingerprint density at radius 1 is 1.16 bits per heavy atom. The molecule has 2 aliphatic rings. The predicted octanol–water partition coefficient (Wildman–Crippen LogP) is 3.44. The molecule has 0 radical (unpaired) electrons. The monoisotopic (exact) mass is 339 g/mol. The minimum absolute atomic E-state index is 0.0445. The van der Waals surface area contributed by atoms with E-state index in [4.69, 9.17) is 4.74 Å². The average Bonchev–Trinajstić information content (AvgIpc) is 2.68. The van der Waals surface area contributed by atoms with Gasteiger partial charge >= 0.3 is 0 Å². The molecule has 4 rings (SSSR count). The van der Waals surface area contributed by atoms with Crippen LogP contribution in [0.4, 0.5) is 0 Å². The highest BCUT2D eigenvalue weighted by Crippen LogP contribution is 2.29. The van der Waals surface area contributed by atoms with E-state index in [1.165, 1.54) is 32.1 Å². The number of para-hydroxylation sites is 1. The minimum Gasteiger partial charge on any atom is -0.375 e. The maximum atomic E-state index is 13.1. The number of ether oxygens (including phenoxy) is 1. The summed E-state index contributed by atoms with van der Waals surface area (Å²) in [5.74, 6) is 0.806. The molecule has 1 unspecified atom stereocenters. The van der Waals surface area contributed by atoms with Gasteiger partial charge in [0.1, 0.15) is 5.52 Å². The second-order valence-corrected chi connectivity index (χ2v) is 7.21. The van der Waals surface area contributed by atoms with Gasteiger partial charge in [0.25, 0.3) is 5.91 Å². The molecule has 5 heteroatoms. The fourth-order valence-corrected chi connectivity index (χ4v) is 4.18. The number of morpholine rings is 1. The molecule has 1 saturated carbocycles. The van der Waals surface area contributed by atoms with Gasteiger partial charge in [-0.3, -0.25) is 14.8 Å². The Bertz CT molecular complexity index is 737. The van der Waals surface area contributed by atoms with Crippen LogP contribution in [0.2, 0.25) is 0 Å². The van der Waals surface area contributed by atoms with Crippen molar-refractivity contribution in [2.75, 3.05) is 19.7 Å². The third-order valence-electron chi connectivity index (χ3n) is 5.48. The predicted molar refractivity (Wildman–Crippen MR) is 96.4 cm³/mol. The molecule has 0 spiro atoms. The number of hydrogen-bond donors (Lipinski definition) is 0.